The van der Waals surface area contributed by atoms with E-state index in [0.29, 0.717) is 28.1 Å². The van der Waals surface area contributed by atoms with Crippen LogP contribution >= 0.6 is 23.2 Å². The van der Waals surface area contributed by atoms with Crippen molar-refractivity contribution in [2.24, 2.45) is 11.7 Å². The average molecular weight is 317 g/mol. The zero-order valence-electron chi connectivity index (χ0n) is 11.5. The second-order valence-corrected chi connectivity index (χ2v) is 5.92. The van der Waals surface area contributed by atoms with Gasteiger partial charge in [-0.05, 0) is 24.1 Å². The minimum atomic E-state index is -0.458. The summed E-state index contributed by atoms with van der Waals surface area (Å²) in [6.07, 6.45) is 0. The maximum atomic E-state index is 12.2. The van der Waals surface area contributed by atoms with Crippen LogP contribution in [-0.2, 0) is 4.79 Å². The average Bonchev–Trinajstić information content (AvgIpc) is 2.26. The summed E-state index contributed by atoms with van der Waals surface area (Å²) in [5.74, 6) is -0.294. The van der Waals surface area contributed by atoms with E-state index in [2.05, 4.69) is 0 Å². The number of hydrogen-bond acceptors (Lipinski definition) is 3. The molecule has 1 amide bonds. The van der Waals surface area contributed by atoms with E-state index in [-0.39, 0.29) is 18.9 Å². The minimum absolute atomic E-state index is 0.0507. The van der Waals surface area contributed by atoms with Crippen molar-refractivity contribution in [1.29, 1.82) is 0 Å². The monoisotopic (exact) mass is 316 g/mol. The molecule has 0 spiro atoms. The van der Waals surface area contributed by atoms with E-state index in [1.54, 1.807) is 17.0 Å². The number of halogens is 2. The van der Waals surface area contributed by atoms with Gasteiger partial charge in [0.1, 0.15) is 0 Å². The molecule has 0 fully saturated rings. The Hall–Kier alpha value is -1.10. The summed E-state index contributed by atoms with van der Waals surface area (Å²) in [6.45, 7) is 4.78. The summed E-state index contributed by atoms with van der Waals surface area (Å²) in [6, 6.07) is 4.73. The van der Waals surface area contributed by atoms with Crippen LogP contribution in [0.3, 0.4) is 0 Å². The van der Waals surface area contributed by atoms with Gasteiger partial charge in [-0.1, -0.05) is 37.0 Å². The maximum Gasteiger partial charge on any atom is 0.231 e. The summed E-state index contributed by atoms with van der Waals surface area (Å²) < 4.78 is 0. The van der Waals surface area contributed by atoms with Crippen molar-refractivity contribution in [3.63, 3.8) is 0 Å². The molecular weight excluding hydrogens is 299 g/mol. The fourth-order valence-electron chi connectivity index (χ4n) is 1.93. The lowest BCUT2D eigenvalue weighted by molar-refractivity contribution is -0.119. The van der Waals surface area contributed by atoms with Crippen LogP contribution in [0.2, 0.25) is 10.0 Å². The predicted molar refractivity (Wildman–Crippen MR) is 81.3 cm³/mol. The van der Waals surface area contributed by atoms with Gasteiger partial charge in [-0.2, -0.15) is 0 Å². The van der Waals surface area contributed by atoms with Crippen LogP contribution in [-0.4, -0.2) is 36.2 Å². The van der Waals surface area contributed by atoms with Crippen LogP contribution in [0.5, 0.6) is 0 Å². The second kappa shape index (κ2) is 7.62. The highest BCUT2D eigenvalue weighted by atomic mass is 35.5. The highest BCUT2D eigenvalue weighted by molar-refractivity contribution is 6.36. The largest absolute Gasteiger partial charge is 0.369 e. The van der Waals surface area contributed by atoms with E-state index < -0.39 is 5.91 Å². The molecule has 1 rings (SSSR count). The fraction of sp³-hybridized carbons (Fsp3) is 0.429. The van der Waals surface area contributed by atoms with Gasteiger partial charge in [0.05, 0.1) is 18.1 Å². The van der Waals surface area contributed by atoms with Gasteiger partial charge in [0.2, 0.25) is 5.91 Å². The molecule has 0 heterocycles. The SMILES string of the molecule is CC(C)CN(CC(N)=O)CC(=O)c1ccc(Cl)cc1Cl. The number of amides is 1. The van der Waals surface area contributed by atoms with Crippen LogP contribution in [0, 0.1) is 5.92 Å². The molecule has 0 saturated heterocycles. The van der Waals surface area contributed by atoms with Gasteiger partial charge in [0, 0.05) is 17.1 Å². The third-order valence-electron chi connectivity index (χ3n) is 2.60. The Morgan fingerprint density at radius 2 is 1.90 bits per heavy atom. The van der Waals surface area contributed by atoms with E-state index in [1.807, 2.05) is 13.8 Å². The topological polar surface area (TPSA) is 63.4 Å². The number of primary amides is 1. The van der Waals surface area contributed by atoms with Crippen molar-refractivity contribution in [1.82, 2.24) is 4.90 Å². The molecule has 1 aromatic carbocycles. The predicted octanol–water partition coefficient (Wildman–Crippen LogP) is 2.62. The number of Topliss-reactive ketones (excluding diaryl/α,β-unsaturated/α-hetero) is 1. The van der Waals surface area contributed by atoms with Crippen LogP contribution in [0.1, 0.15) is 24.2 Å². The number of benzene rings is 1. The molecule has 0 saturated carbocycles. The van der Waals surface area contributed by atoms with Crippen LogP contribution < -0.4 is 5.73 Å². The molecular formula is C14H18Cl2N2O2. The van der Waals surface area contributed by atoms with Crippen LogP contribution in [0.25, 0.3) is 0 Å². The maximum absolute atomic E-state index is 12.2. The molecule has 0 aromatic heterocycles. The number of rotatable bonds is 7. The van der Waals surface area contributed by atoms with E-state index >= 15 is 0 Å². The third kappa shape index (κ3) is 5.49. The Balaban J connectivity index is 2.81. The Morgan fingerprint density at radius 3 is 2.40 bits per heavy atom. The van der Waals surface area contributed by atoms with Crippen molar-refractivity contribution in [2.45, 2.75) is 13.8 Å². The molecule has 0 atom stereocenters. The Bertz CT molecular complexity index is 504. The Morgan fingerprint density at radius 1 is 1.25 bits per heavy atom. The molecule has 110 valence electrons. The lowest BCUT2D eigenvalue weighted by atomic mass is 10.1. The normalized spacial score (nSPS) is 11.1. The van der Waals surface area contributed by atoms with Gasteiger partial charge in [0.15, 0.2) is 5.78 Å². The van der Waals surface area contributed by atoms with Crippen molar-refractivity contribution in [2.75, 3.05) is 19.6 Å². The van der Waals surface area contributed by atoms with Gasteiger partial charge in [0.25, 0.3) is 0 Å². The minimum Gasteiger partial charge on any atom is -0.369 e. The standard InChI is InChI=1S/C14H18Cl2N2O2/c1-9(2)6-18(8-14(17)20)7-13(19)11-4-3-10(15)5-12(11)16/h3-5,9H,6-8H2,1-2H3,(H2,17,20). The van der Waals surface area contributed by atoms with Crippen molar-refractivity contribution in [3.05, 3.63) is 33.8 Å². The van der Waals surface area contributed by atoms with Gasteiger partial charge in [-0.25, -0.2) is 0 Å². The lowest BCUT2D eigenvalue weighted by Gasteiger charge is -2.22. The molecule has 2 N–H and O–H groups in total. The summed E-state index contributed by atoms with van der Waals surface area (Å²) in [4.78, 5) is 25.0. The third-order valence-corrected chi connectivity index (χ3v) is 3.15. The summed E-state index contributed by atoms with van der Waals surface area (Å²) >= 11 is 11.8. The van der Waals surface area contributed by atoms with Crippen LogP contribution in [0.4, 0.5) is 0 Å². The quantitative estimate of drug-likeness (QED) is 0.786. The Labute approximate surface area is 128 Å². The van der Waals surface area contributed by atoms with Crippen LogP contribution in [0.15, 0.2) is 18.2 Å². The lowest BCUT2D eigenvalue weighted by Crippen LogP contribution is -2.39. The molecule has 6 heteroatoms. The van der Waals surface area contributed by atoms with Gasteiger partial charge < -0.3 is 5.73 Å². The number of carbonyl (C=O) groups is 2. The number of carbonyl (C=O) groups excluding carboxylic acids is 2. The summed E-state index contributed by atoms with van der Waals surface area (Å²) in [7, 11) is 0. The highest BCUT2D eigenvalue weighted by Crippen LogP contribution is 2.21. The molecule has 0 unspecified atom stereocenters. The first-order valence-electron chi connectivity index (χ1n) is 6.28. The second-order valence-electron chi connectivity index (χ2n) is 5.08. The van der Waals surface area contributed by atoms with Crippen molar-refractivity contribution >= 4 is 34.9 Å². The number of nitrogens with two attached hydrogens (primary N) is 1. The first-order valence-corrected chi connectivity index (χ1v) is 7.04. The molecule has 0 radical (unpaired) electrons. The molecule has 4 nitrogen and oxygen atoms in total. The molecule has 0 bridgehead atoms. The molecule has 0 aliphatic carbocycles. The van der Waals surface area contributed by atoms with E-state index in [4.69, 9.17) is 28.9 Å². The van der Waals surface area contributed by atoms with Gasteiger partial charge in [-0.3, -0.25) is 14.5 Å². The number of hydrogen-bond donors (Lipinski definition) is 1. The Kier molecular flexibility index (Phi) is 6.46. The molecule has 1 aromatic rings. The molecule has 20 heavy (non-hydrogen) atoms. The zero-order valence-corrected chi connectivity index (χ0v) is 13.0. The first kappa shape index (κ1) is 17.0. The van der Waals surface area contributed by atoms with E-state index in [0.717, 1.165) is 0 Å². The summed E-state index contributed by atoms with van der Waals surface area (Å²) in [5, 5.41) is 0.786. The van der Waals surface area contributed by atoms with Gasteiger partial charge >= 0.3 is 0 Å². The number of ketones is 1. The highest BCUT2D eigenvalue weighted by Gasteiger charge is 2.17. The molecule has 0 aliphatic heterocycles. The summed E-state index contributed by atoms with van der Waals surface area (Å²) in [5.41, 5.74) is 5.60. The van der Waals surface area contributed by atoms with E-state index in [9.17, 15) is 9.59 Å². The molecule has 0 aliphatic rings. The number of nitrogens with zero attached hydrogens (tertiary/aromatic N) is 1. The first-order chi connectivity index (χ1) is 9.29. The zero-order chi connectivity index (χ0) is 15.3. The van der Waals surface area contributed by atoms with Crippen molar-refractivity contribution < 1.29 is 9.59 Å². The smallest absolute Gasteiger partial charge is 0.231 e. The van der Waals surface area contributed by atoms with Crippen molar-refractivity contribution in [3.8, 4) is 0 Å². The van der Waals surface area contributed by atoms with E-state index in [1.165, 1.54) is 6.07 Å². The van der Waals surface area contributed by atoms with Gasteiger partial charge in [-0.15, -0.1) is 0 Å². The fourth-order valence-corrected chi connectivity index (χ4v) is 2.44.